The van der Waals surface area contributed by atoms with Gasteiger partial charge in [-0.1, -0.05) is 0 Å². The molecule has 17 heavy (non-hydrogen) atoms. The fourth-order valence-electron chi connectivity index (χ4n) is 1.39. The summed E-state index contributed by atoms with van der Waals surface area (Å²) in [5.41, 5.74) is 5.76. The molecule has 0 spiro atoms. The molecule has 3 N–H and O–H groups in total. The molecule has 0 fully saturated rings. The Morgan fingerprint density at radius 1 is 1.41 bits per heavy atom. The number of rotatable bonds is 3. The minimum atomic E-state index is -0.601. The van der Waals surface area contributed by atoms with Crippen molar-refractivity contribution in [1.29, 1.82) is 0 Å². The van der Waals surface area contributed by atoms with Gasteiger partial charge in [-0.25, -0.2) is 4.39 Å². The maximum Gasteiger partial charge on any atom is 0.254 e. The number of hydrogen-bond acceptors (Lipinski definition) is 3. The summed E-state index contributed by atoms with van der Waals surface area (Å²) in [6, 6.07) is 7.29. The summed E-state index contributed by atoms with van der Waals surface area (Å²) in [5.74, 6) is -0.523. The number of carbonyl (C=O) groups is 1. The number of hydrogen-bond donors (Lipinski definition) is 2. The van der Waals surface area contributed by atoms with Crippen LogP contribution in [-0.4, -0.2) is 5.91 Å². The van der Waals surface area contributed by atoms with Crippen molar-refractivity contribution in [3.05, 3.63) is 53.7 Å². The zero-order valence-electron chi connectivity index (χ0n) is 8.94. The Morgan fingerprint density at radius 2 is 2.24 bits per heavy atom. The van der Waals surface area contributed by atoms with E-state index in [1.807, 2.05) is 0 Å². The lowest BCUT2D eigenvalue weighted by Crippen LogP contribution is -2.23. The van der Waals surface area contributed by atoms with Crippen LogP contribution in [0.4, 0.5) is 10.1 Å². The highest BCUT2D eigenvalue weighted by Crippen LogP contribution is 2.12. The molecule has 0 saturated carbocycles. The molecule has 1 aromatic heterocycles. The number of nitrogens with one attached hydrogen (secondary N) is 1. The Kier molecular flexibility index (Phi) is 3.09. The summed E-state index contributed by atoms with van der Waals surface area (Å²) < 4.78 is 18.4. The lowest BCUT2D eigenvalue weighted by Gasteiger charge is -2.05. The predicted octanol–water partition coefficient (Wildman–Crippen LogP) is 1.93. The van der Waals surface area contributed by atoms with Gasteiger partial charge in [-0.2, -0.15) is 0 Å². The molecule has 0 aliphatic heterocycles. The van der Waals surface area contributed by atoms with E-state index < -0.39 is 11.7 Å². The van der Waals surface area contributed by atoms with Crippen molar-refractivity contribution in [2.24, 2.45) is 0 Å². The first-order valence-corrected chi connectivity index (χ1v) is 5.02. The van der Waals surface area contributed by atoms with Crippen LogP contribution in [0.15, 0.2) is 41.0 Å². The summed E-state index contributed by atoms with van der Waals surface area (Å²) in [6.45, 7) is 0.208. The molecule has 0 bridgehead atoms. The van der Waals surface area contributed by atoms with E-state index in [0.717, 1.165) is 6.07 Å². The summed E-state index contributed by atoms with van der Waals surface area (Å²) in [6.07, 6.45) is 1.50. The number of anilines is 1. The van der Waals surface area contributed by atoms with Crippen molar-refractivity contribution in [1.82, 2.24) is 5.32 Å². The standard InChI is InChI=1S/C12H11FN2O2/c13-11-4-3-8(14)6-10(11)12(16)15-7-9-2-1-5-17-9/h1-6H,7,14H2,(H,15,16). The van der Waals surface area contributed by atoms with Gasteiger partial charge in [0.25, 0.3) is 5.91 Å². The second-order valence-electron chi connectivity index (χ2n) is 3.50. The Labute approximate surface area is 97.2 Å². The van der Waals surface area contributed by atoms with Gasteiger partial charge in [-0.15, -0.1) is 0 Å². The molecule has 0 aliphatic rings. The number of benzene rings is 1. The molecule has 1 heterocycles. The highest BCUT2D eigenvalue weighted by Gasteiger charge is 2.11. The van der Waals surface area contributed by atoms with Crippen molar-refractivity contribution in [2.45, 2.75) is 6.54 Å². The van der Waals surface area contributed by atoms with Crippen LogP contribution in [-0.2, 0) is 6.54 Å². The zero-order chi connectivity index (χ0) is 12.3. The second-order valence-corrected chi connectivity index (χ2v) is 3.50. The van der Waals surface area contributed by atoms with Crippen LogP contribution in [0.5, 0.6) is 0 Å². The van der Waals surface area contributed by atoms with Crippen LogP contribution in [0.25, 0.3) is 0 Å². The number of nitrogens with two attached hydrogens (primary N) is 1. The Morgan fingerprint density at radius 3 is 2.94 bits per heavy atom. The van der Waals surface area contributed by atoms with Gasteiger partial charge in [-0.05, 0) is 30.3 Å². The maximum atomic E-state index is 13.3. The van der Waals surface area contributed by atoms with Gasteiger partial charge >= 0.3 is 0 Å². The fourth-order valence-corrected chi connectivity index (χ4v) is 1.39. The Balaban J connectivity index is 2.07. The monoisotopic (exact) mass is 234 g/mol. The molecular formula is C12H11FN2O2. The number of nitrogen functional groups attached to an aromatic ring is 1. The van der Waals surface area contributed by atoms with E-state index >= 15 is 0 Å². The van der Waals surface area contributed by atoms with Crippen LogP contribution in [0.2, 0.25) is 0 Å². The largest absolute Gasteiger partial charge is 0.467 e. The van der Waals surface area contributed by atoms with Crippen molar-refractivity contribution in [2.75, 3.05) is 5.73 Å². The summed E-state index contributed by atoms with van der Waals surface area (Å²) in [4.78, 5) is 11.7. The highest BCUT2D eigenvalue weighted by molar-refractivity contribution is 5.95. The van der Waals surface area contributed by atoms with E-state index in [2.05, 4.69) is 5.32 Å². The molecular weight excluding hydrogens is 223 g/mol. The molecule has 0 atom stereocenters. The van der Waals surface area contributed by atoms with Gasteiger partial charge in [0.1, 0.15) is 11.6 Å². The van der Waals surface area contributed by atoms with Gasteiger partial charge < -0.3 is 15.5 Å². The molecule has 0 saturated heterocycles. The van der Waals surface area contributed by atoms with E-state index in [-0.39, 0.29) is 12.1 Å². The molecule has 0 aliphatic carbocycles. The second kappa shape index (κ2) is 4.69. The van der Waals surface area contributed by atoms with Crippen LogP contribution >= 0.6 is 0 Å². The first-order chi connectivity index (χ1) is 8.16. The first kappa shape index (κ1) is 11.2. The van der Waals surface area contributed by atoms with Crippen LogP contribution in [0, 0.1) is 5.82 Å². The topological polar surface area (TPSA) is 68.3 Å². The van der Waals surface area contributed by atoms with Crippen LogP contribution in [0.3, 0.4) is 0 Å². The fraction of sp³-hybridized carbons (Fsp3) is 0.0833. The van der Waals surface area contributed by atoms with E-state index in [4.69, 9.17) is 10.2 Å². The summed E-state index contributed by atoms with van der Waals surface area (Å²) in [7, 11) is 0. The van der Waals surface area contributed by atoms with E-state index in [0.29, 0.717) is 11.4 Å². The minimum absolute atomic E-state index is 0.0726. The van der Waals surface area contributed by atoms with Gasteiger partial charge in [0, 0.05) is 5.69 Å². The van der Waals surface area contributed by atoms with Crippen molar-refractivity contribution < 1.29 is 13.6 Å². The molecule has 2 aromatic rings. The van der Waals surface area contributed by atoms with Crippen LogP contribution in [0.1, 0.15) is 16.1 Å². The average Bonchev–Trinajstić information content (AvgIpc) is 2.82. The average molecular weight is 234 g/mol. The lowest BCUT2D eigenvalue weighted by molar-refractivity contribution is 0.0944. The zero-order valence-corrected chi connectivity index (χ0v) is 8.94. The number of furan rings is 1. The lowest BCUT2D eigenvalue weighted by atomic mass is 10.2. The molecule has 88 valence electrons. The highest BCUT2D eigenvalue weighted by atomic mass is 19.1. The van der Waals surface area contributed by atoms with Crippen molar-refractivity contribution >= 4 is 11.6 Å². The van der Waals surface area contributed by atoms with E-state index in [9.17, 15) is 9.18 Å². The number of carbonyl (C=O) groups excluding carboxylic acids is 1. The van der Waals surface area contributed by atoms with Crippen LogP contribution < -0.4 is 11.1 Å². The molecule has 5 heteroatoms. The van der Waals surface area contributed by atoms with Crippen molar-refractivity contribution in [3.8, 4) is 0 Å². The quantitative estimate of drug-likeness (QED) is 0.797. The molecule has 1 amide bonds. The summed E-state index contributed by atoms with van der Waals surface area (Å²) in [5, 5.41) is 2.54. The van der Waals surface area contributed by atoms with Gasteiger partial charge in [0.05, 0.1) is 18.4 Å². The van der Waals surface area contributed by atoms with E-state index in [1.54, 1.807) is 12.1 Å². The third-order valence-electron chi connectivity index (χ3n) is 2.24. The first-order valence-electron chi connectivity index (χ1n) is 5.02. The minimum Gasteiger partial charge on any atom is -0.467 e. The number of halogens is 1. The maximum absolute atomic E-state index is 13.3. The SMILES string of the molecule is Nc1ccc(F)c(C(=O)NCc2ccco2)c1. The normalized spacial score (nSPS) is 10.2. The summed E-state index contributed by atoms with van der Waals surface area (Å²) >= 11 is 0. The smallest absolute Gasteiger partial charge is 0.254 e. The molecule has 0 unspecified atom stereocenters. The van der Waals surface area contributed by atoms with Crippen molar-refractivity contribution in [3.63, 3.8) is 0 Å². The molecule has 1 aromatic carbocycles. The Hall–Kier alpha value is -2.30. The molecule has 0 radical (unpaired) electrons. The van der Waals surface area contributed by atoms with Gasteiger partial charge in [-0.3, -0.25) is 4.79 Å². The molecule has 2 rings (SSSR count). The molecule has 4 nitrogen and oxygen atoms in total. The predicted molar refractivity (Wildman–Crippen MR) is 60.7 cm³/mol. The van der Waals surface area contributed by atoms with Gasteiger partial charge in [0.15, 0.2) is 0 Å². The van der Waals surface area contributed by atoms with Gasteiger partial charge in [0.2, 0.25) is 0 Å². The third-order valence-corrected chi connectivity index (χ3v) is 2.24. The Bertz CT molecular complexity index is 523. The number of amides is 1. The third kappa shape index (κ3) is 2.63. The van der Waals surface area contributed by atoms with E-state index in [1.165, 1.54) is 18.4 Å².